The van der Waals surface area contributed by atoms with Crippen molar-refractivity contribution >= 4 is 52.0 Å². The van der Waals surface area contributed by atoms with Gasteiger partial charge in [0.25, 0.3) is 5.91 Å². The van der Waals surface area contributed by atoms with Crippen molar-refractivity contribution in [3.63, 3.8) is 0 Å². The van der Waals surface area contributed by atoms with Crippen LogP contribution in [0, 0.1) is 0 Å². The Kier molecular flexibility index (Phi) is 6.72. The molecule has 190 valence electrons. The van der Waals surface area contributed by atoms with Crippen LogP contribution >= 0.6 is 34.3 Å². The van der Waals surface area contributed by atoms with Crippen LogP contribution < -0.4 is 5.32 Å². The Morgan fingerprint density at radius 3 is 2.61 bits per heavy atom. The van der Waals surface area contributed by atoms with E-state index in [9.17, 15) is 9.59 Å². The van der Waals surface area contributed by atoms with E-state index in [-0.39, 0.29) is 29.9 Å². The standard InChI is InChI=1S/C24H27ClN6O3S2/c25-21-4-3-18(36-21)12-26-22-11-19(28-31(22)23(32)20-13-35-14-27-20)15-9-16-1-2-17(10-15)30(16)24(33)29-5-7-34-8-6-29/h3-4,11,13-17,26H,1-2,5-10,12H2. The Bertz CT molecular complexity index is 1220. The molecule has 6 heterocycles. The summed E-state index contributed by atoms with van der Waals surface area (Å²) in [4.78, 5) is 35.8. The fourth-order valence-corrected chi connectivity index (χ4v) is 7.13. The smallest absolute Gasteiger partial charge is 0.320 e. The van der Waals surface area contributed by atoms with Crippen molar-refractivity contribution in [3.8, 4) is 0 Å². The summed E-state index contributed by atoms with van der Waals surface area (Å²) >= 11 is 8.98. The average Bonchev–Trinajstić information content (AvgIpc) is 3.69. The predicted octanol–water partition coefficient (Wildman–Crippen LogP) is 4.52. The molecule has 0 aromatic carbocycles. The van der Waals surface area contributed by atoms with Gasteiger partial charge in [0.15, 0.2) is 0 Å². The van der Waals surface area contributed by atoms with Gasteiger partial charge in [-0.15, -0.1) is 22.7 Å². The van der Waals surface area contributed by atoms with Crippen molar-refractivity contribution < 1.29 is 14.3 Å². The van der Waals surface area contributed by atoms with Crippen molar-refractivity contribution in [2.24, 2.45) is 0 Å². The molecule has 2 atom stereocenters. The summed E-state index contributed by atoms with van der Waals surface area (Å²) in [5, 5.41) is 9.90. The summed E-state index contributed by atoms with van der Waals surface area (Å²) in [7, 11) is 0. The van der Waals surface area contributed by atoms with Gasteiger partial charge >= 0.3 is 6.03 Å². The van der Waals surface area contributed by atoms with Crippen LogP contribution in [0.15, 0.2) is 29.1 Å². The largest absolute Gasteiger partial charge is 0.378 e. The maximum atomic E-state index is 13.3. The molecule has 9 nitrogen and oxygen atoms in total. The van der Waals surface area contributed by atoms with Crippen LogP contribution in [0.3, 0.4) is 0 Å². The second-order valence-corrected chi connectivity index (χ2v) is 12.0. The number of aromatic nitrogens is 3. The molecule has 6 rings (SSSR count). The third-order valence-corrected chi connectivity index (χ3v) is 9.12. The minimum absolute atomic E-state index is 0.144. The third-order valence-electron chi connectivity index (χ3n) is 7.30. The highest BCUT2D eigenvalue weighted by Gasteiger charge is 2.45. The molecule has 3 aliphatic rings. The number of carbonyl (C=O) groups excluding carboxylic acids is 2. The zero-order valence-corrected chi connectivity index (χ0v) is 22.0. The van der Waals surface area contributed by atoms with Crippen LogP contribution in [-0.2, 0) is 11.3 Å². The van der Waals surface area contributed by atoms with Gasteiger partial charge in [-0.25, -0.2) is 9.78 Å². The molecule has 0 spiro atoms. The molecule has 2 bridgehead atoms. The van der Waals surface area contributed by atoms with Crippen LogP contribution in [0.1, 0.15) is 52.7 Å². The first kappa shape index (κ1) is 23.9. The number of carbonyl (C=O) groups is 2. The predicted molar refractivity (Wildman–Crippen MR) is 139 cm³/mol. The van der Waals surface area contributed by atoms with Gasteiger partial charge in [0, 0.05) is 47.4 Å². The first-order chi connectivity index (χ1) is 17.6. The Labute approximate surface area is 222 Å². The first-order valence-electron chi connectivity index (χ1n) is 12.2. The molecule has 36 heavy (non-hydrogen) atoms. The van der Waals surface area contributed by atoms with Crippen molar-refractivity contribution in [2.45, 2.75) is 50.2 Å². The molecule has 0 saturated carbocycles. The number of anilines is 1. The zero-order valence-electron chi connectivity index (χ0n) is 19.6. The molecule has 0 radical (unpaired) electrons. The molecule has 3 fully saturated rings. The van der Waals surface area contributed by atoms with Gasteiger partial charge in [0.05, 0.1) is 35.3 Å². The van der Waals surface area contributed by atoms with Crippen LogP contribution in [-0.4, -0.2) is 74.9 Å². The Balaban J connectivity index is 1.22. The van der Waals surface area contributed by atoms with Crippen LogP contribution in [0.4, 0.5) is 10.6 Å². The number of morpholine rings is 1. The lowest BCUT2D eigenvalue weighted by atomic mass is 9.88. The van der Waals surface area contributed by atoms with Gasteiger partial charge in [0.2, 0.25) is 0 Å². The number of nitrogens with one attached hydrogen (secondary N) is 1. The van der Waals surface area contributed by atoms with E-state index in [4.69, 9.17) is 21.4 Å². The second kappa shape index (κ2) is 10.1. The molecule has 3 saturated heterocycles. The van der Waals surface area contributed by atoms with Crippen LogP contribution in [0.5, 0.6) is 0 Å². The Morgan fingerprint density at radius 2 is 1.94 bits per heavy atom. The minimum atomic E-state index is -0.253. The number of fused-ring (bicyclic) bond motifs is 2. The van der Waals surface area contributed by atoms with Gasteiger partial charge in [-0.3, -0.25) is 4.79 Å². The lowest BCUT2D eigenvalue weighted by molar-refractivity contribution is 0.0330. The quantitative estimate of drug-likeness (QED) is 0.506. The number of hydrogen-bond donors (Lipinski definition) is 1. The number of urea groups is 1. The summed E-state index contributed by atoms with van der Waals surface area (Å²) in [5.74, 6) is 0.585. The highest BCUT2D eigenvalue weighted by molar-refractivity contribution is 7.16. The molecule has 12 heteroatoms. The lowest BCUT2D eigenvalue weighted by Crippen LogP contribution is -2.54. The lowest BCUT2D eigenvalue weighted by Gasteiger charge is -2.41. The van der Waals surface area contributed by atoms with Crippen LogP contribution in [0.2, 0.25) is 4.34 Å². The summed E-state index contributed by atoms with van der Waals surface area (Å²) < 4.78 is 7.59. The van der Waals surface area contributed by atoms with E-state index in [1.165, 1.54) is 27.4 Å². The van der Waals surface area contributed by atoms with Crippen LogP contribution in [0.25, 0.3) is 0 Å². The molecule has 2 unspecified atom stereocenters. The van der Waals surface area contributed by atoms with Gasteiger partial charge in [-0.1, -0.05) is 11.6 Å². The molecular weight excluding hydrogens is 520 g/mol. The number of thiazole rings is 1. The number of hydrogen-bond acceptors (Lipinski definition) is 8. The molecule has 3 aromatic rings. The highest BCUT2D eigenvalue weighted by Crippen LogP contribution is 2.43. The number of nitrogens with zero attached hydrogens (tertiary/aromatic N) is 5. The van der Waals surface area contributed by atoms with Gasteiger partial charge in [0.1, 0.15) is 11.5 Å². The van der Waals surface area contributed by atoms with Crippen molar-refractivity contribution in [2.75, 3.05) is 31.6 Å². The molecular formula is C24H27ClN6O3S2. The fourth-order valence-electron chi connectivity index (χ4n) is 5.58. The summed E-state index contributed by atoms with van der Waals surface area (Å²) in [6.45, 7) is 3.08. The summed E-state index contributed by atoms with van der Waals surface area (Å²) in [6.07, 6.45) is 3.74. The van der Waals surface area contributed by atoms with Gasteiger partial charge in [-0.05, 0) is 37.8 Å². The number of thiophene rings is 1. The Morgan fingerprint density at radius 1 is 1.17 bits per heavy atom. The monoisotopic (exact) mass is 546 g/mol. The van der Waals surface area contributed by atoms with E-state index in [2.05, 4.69) is 15.2 Å². The normalized spacial score (nSPS) is 23.8. The Hall–Kier alpha value is -2.47. The van der Waals surface area contributed by atoms with E-state index in [1.54, 1.807) is 10.9 Å². The highest BCUT2D eigenvalue weighted by atomic mass is 35.5. The summed E-state index contributed by atoms with van der Waals surface area (Å²) in [6, 6.07) is 6.38. The van der Waals surface area contributed by atoms with Gasteiger partial charge in [-0.2, -0.15) is 9.78 Å². The van der Waals surface area contributed by atoms with Crippen molar-refractivity contribution in [1.29, 1.82) is 0 Å². The van der Waals surface area contributed by atoms with Gasteiger partial charge < -0.3 is 19.9 Å². The third kappa shape index (κ3) is 4.65. The molecule has 3 aliphatic heterocycles. The average molecular weight is 547 g/mol. The molecule has 3 aromatic heterocycles. The number of halogens is 1. The molecule has 2 amide bonds. The van der Waals surface area contributed by atoms with E-state index in [1.807, 2.05) is 23.1 Å². The second-order valence-electron chi connectivity index (χ2n) is 9.45. The number of rotatable bonds is 5. The maximum Gasteiger partial charge on any atom is 0.320 e. The van der Waals surface area contributed by atoms with E-state index < -0.39 is 0 Å². The number of ether oxygens (including phenoxy) is 1. The topological polar surface area (TPSA) is 92.6 Å². The SMILES string of the molecule is O=C(N1CCOCC1)N1C2CCC1CC(c1cc(NCc3ccc(Cl)s3)n(C(=O)c3cscn3)n1)C2. The fraction of sp³-hybridized carbons (Fsp3) is 0.500. The van der Waals surface area contributed by atoms with E-state index in [0.29, 0.717) is 44.4 Å². The van der Waals surface area contributed by atoms with Crippen molar-refractivity contribution in [3.05, 3.63) is 49.7 Å². The maximum absolute atomic E-state index is 13.3. The minimum Gasteiger partial charge on any atom is -0.378 e. The first-order valence-corrected chi connectivity index (χ1v) is 14.4. The molecule has 0 aliphatic carbocycles. The molecule has 1 N–H and O–H groups in total. The number of amides is 2. The van der Waals surface area contributed by atoms with E-state index >= 15 is 0 Å². The van der Waals surface area contributed by atoms with Crippen molar-refractivity contribution in [1.82, 2.24) is 24.6 Å². The van der Waals surface area contributed by atoms with E-state index in [0.717, 1.165) is 40.6 Å². The number of piperidine rings is 1. The zero-order chi connectivity index (χ0) is 24.6. The summed E-state index contributed by atoms with van der Waals surface area (Å²) in [5.41, 5.74) is 2.92.